The molecule has 0 bridgehead atoms. The van der Waals surface area contributed by atoms with Crippen molar-refractivity contribution in [2.24, 2.45) is 11.7 Å². The molecule has 6 nitrogen and oxygen atoms in total. The molecule has 0 aliphatic carbocycles. The molecular weight excluding hydrogens is 292 g/mol. The number of carbonyl (C=O) groups is 1. The number of halogens is 1. The van der Waals surface area contributed by atoms with Gasteiger partial charge in [-0.05, 0) is 18.2 Å². The number of rotatable bonds is 3. The van der Waals surface area contributed by atoms with Crippen LogP contribution in [-0.2, 0) is 9.53 Å². The molecule has 1 aromatic carbocycles. The lowest BCUT2D eigenvalue weighted by molar-refractivity contribution is -0.120. The first-order chi connectivity index (χ1) is 10.2. The van der Waals surface area contributed by atoms with Crippen LogP contribution in [0.15, 0.2) is 36.7 Å². The Morgan fingerprint density at radius 2 is 2.29 bits per heavy atom. The Kier molecular flexibility index (Phi) is 3.92. The molecule has 110 valence electrons. The molecule has 1 aromatic heterocycles. The van der Waals surface area contributed by atoms with Crippen LogP contribution in [0.3, 0.4) is 0 Å². The van der Waals surface area contributed by atoms with E-state index in [0.29, 0.717) is 29.6 Å². The number of para-hydroxylation sites is 1. The highest BCUT2D eigenvalue weighted by Crippen LogP contribution is 2.28. The van der Waals surface area contributed by atoms with Crippen molar-refractivity contribution in [1.29, 1.82) is 0 Å². The number of hydrogen-bond acceptors (Lipinski definition) is 4. The molecule has 3 rings (SSSR count). The van der Waals surface area contributed by atoms with E-state index in [0.717, 1.165) is 0 Å². The molecule has 2 heterocycles. The Balaban J connectivity index is 1.89. The molecule has 3 N–H and O–H groups in total. The zero-order valence-electron chi connectivity index (χ0n) is 11.2. The Morgan fingerprint density at radius 1 is 1.43 bits per heavy atom. The minimum Gasteiger partial charge on any atom is -0.379 e. The first-order valence-corrected chi connectivity index (χ1v) is 6.97. The predicted molar refractivity (Wildman–Crippen MR) is 79.5 cm³/mol. The summed E-state index contributed by atoms with van der Waals surface area (Å²) < 4.78 is 6.84. The largest absolute Gasteiger partial charge is 0.379 e. The highest BCUT2D eigenvalue weighted by Gasteiger charge is 2.31. The second-order valence-electron chi connectivity index (χ2n) is 4.88. The average molecular weight is 307 g/mol. The van der Waals surface area contributed by atoms with Gasteiger partial charge < -0.3 is 15.8 Å². The van der Waals surface area contributed by atoms with Crippen molar-refractivity contribution in [2.75, 3.05) is 18.5 Å². The molecule has 2 unspecified atom stereocenters. The molecule has 1 aliphatic rings. The fourth-order valence-electron chi connectivity index (χ4n) is 2.32. The fraction of sp³-hybridized carbons (Fsp3) is 0.286. The lowest BCUT2D eigenvalue weighted by Gasteiger charge is -2.16. The van der Waals surface area contributed by atoms with Crippen molar-refractivity contribution in [3.63, 3.8) is 0 Å². The van der Waals surface area contributed by atoms with E-state index in [-0.39, 0.29) is 17.9 Å². The normalized spacial score (nSPS) is 21.4. The highest BCUT2D eigenvalue weighted by atomic mass is 35.5. The van der Waals surface area contributed by atoms with Crippen molar-refractivity contribution in [3.8, 4) is 5.69 Å². The topological polar surface area (TPSA) is 82.2 Å². The number of amides is 1. The number of anilines is 1. The van der Waals surface area contributed by atoms with E-state index in [9.17, 15) is 4.79 Å². The quantitative estimate of drug-likeness (QED) is 0.899. The van der Waals surface area contributed by atoms with Gasteiger partial charge in [-0.25, -0.2) is 4.68 Å². The van der Waals surface area contributed by atoms with Crippen molar-refractivity contribution >= 4 is 23.2 Å². The maximum atomic E-state index is 12.3. The van der Waals surface area contributed by atoms with Crippen LogP contribution in [0.1, 0.15) is 0 Å². The van der Waals surface area contributed by atoms with Gasteiger partial charge in [0.05, 0.1) is 29.8 Å². The van der Waals surface area contributed by atoms with Gasteiger partial charge in [-0.1, -0.05) is 17.7 Å². The van der Waals surface area contributed by atoms with Crippen LogP contribution in [0.25, 0.3) is 5.69 Å². The third kappa shape index (κ3) is 2.78. The van der Waals surface area contributed by atoms with Gasteiger partial charge in [-0.15, -0.1) is 0 Å². The van der Waals surface area contributed by atoms with Crippen LogP contribution in [0.5, 0.6) is 0 Å². The maximum absolute atomic E-state index is 12.3. The van der Waals surface area contributed by atoms with Crippen LogP contribution in [0.2, 0.25) is 5.02 Å². The molecule has 7 heteroatoms. The van der Waals surface area contributed by atoms with Gasteiger partial charge >= 0.3 is 0 Å². The third-order valence-corrected chi connectivity index (χ3v) is 3.74. The summed E-state index contributed by atoms with van der Waals surface area (Å²) in [5, 5.41) is 7.53. The summed E-state index contributed by atoms with van der Waals surface area (Å²) >= 11 is 6.23. The molecular formula is C14H15ClN4O2. The lowest BCUT2D eigenvalue weighted by atomic mass is 10.0. The molecule has 1 fully saturated rings. The molecule has 0 spiro atoms. The summed E-state index contributed by atoms with van der Waals surface area (Å²) in [7, 11) is 0. The van der Waals surface area contributed by atoms with Gasteiger partial charge in [0.2, 0.25) is 5.91 Å². The van der Waals surface area contributed by atoms with Crippen LogP contribution < -0.4 is 11.1 Å². The smallest absolute Gasteiger partial charge is 0.231 e. The second kappa shape index (κ2) is 5.85. The van der Waals surface area contributed by atoms with E-state index in [2.05, 4.69) is 10.4 Å². The summed E-state index contributed by atoms with van der Waals surface area (Å²) in [5.41, 5.74) is 7.09. The molecule has 1 amide bonds. The standard InChI is InChI=1S/C14H15ClN4O2/c15-10-3-1-4-12(13(10)19-6-2-5-17-19)18-14(20)9-7-21-8-11(9)16/h1-6,9,11H,7-8,16H2,(H,18,20). The molecule has 2 aromatic rings. The zero-order chi connectivity index (χ0) is 14.8. The molecule has 1 aliphatic heterocycles. The van der Waals surface area contributed by atoms with Gasteiger partial charge in [0, 0.05) is 18.4 Å². The number of nitrogens with zero attached hydrogens (tertiary/aromatic N) is 2. The summed E-state index contributed by atoms with van der Waals surface area (Å²) in [5.74, 6) is -0.523. The Hall–Kier alpha value is -1.89. The van der Waals surface area contributed by atoms with Crippen LogP contribution in [0, 0.1) is 5.92 Å². The third-order valence-electron chi connectivity index (χ3n) is 3.44. The number of carbonyl (C=O) groups excluding carboxylic acids is 1. The number of nitrogens with one attached hydrogen (secondary N) is 1. The number of hydrogen-bond donors (Lipinski definition) is 2. The number of nitrogens with two attached hydrogens (primary N) is 1. The van der Waals surface area contributed by atoms with E-state index in [4.69, 9.17) is 22.1 Å². The first kappa shape index (κ1) is 14.1. The summed E-state index contributed by atoms with van der Waals surface area (Å²) in [6.45, 7) is 0.740. The van der Waals surface area contributed by atoms with Gasteiger partial charge in [0.25, 0.3) is 0 Å². The molecule has 2 atom stereocenters. The van der Waals surface area contributed by atoms with Gasteiger partial charge in [0.15, 0.2) is 0 Å². The molecule has 0 radical (unpaired) electrons. The van der Waals surface area contributed by atoms with E-state index in [1.54, 1.807) is 41.3 Å². The highest BCUT2D eigenvalue weighted by molar-refractivity contribution is 6.33. The minimum absolute atomic E-state index is 0.171. The SMILES string of the molecule is NC1COCC1C(=O)Nc1cccc(Cl)c1-n1cccn1. The molecule has 0 saturated carbocycles. The van der Waals surface area contributed by atoms with Gasteiger partial charge in [0.1, 0.15) is 5.69 Å². The molecule has 1 saturated heterocycles. The van der Waals surface area contributed by atoms with E-state index >= 15 is 0 Å². The Morgan fingerprint density at radius 3 is 2.95 bits per heavy atom. The van der Waals surface area contributed by atoms with E-state index in [1.807, 2.05) is 0 Å². The minimum atomic E-state index is -0.352. The Bertz CT molecular complexity index is 644. The monoisotopic (exact) mass is 306 g/mol. The predicted octanol–water partition coefficient (Wildman–Crippen LogP) is 1.44. The molecule has 21 heavy (non-hydrogen) atoms. The second-order valence-corrected chi connectivity index (χ2v) is 5.29. The summed E-state index contributed by atoms with van der Waals surface area (Å²) in [6, 6.07) is 6.81. The van der Waals surface area contributed by atoms with Crippen molar-refractivity contribution in [2.45, 2.75) is 6.04 Å². The fourth-order valence-corrected chi connectivity index (χ4v) is 2.58. The van der Waals surface area contributed by atoms with E-state index in [1.165, 1.54) is 0 Å². The number of benzene rings is 1. The number of ether oxygens (including phenoxy) is 1. The van der Waals surface area contributed by atoms with E-state index < -0.39 is 0 Å². The van der Waals surface area contributed by atoms with Gasteiger partial charge in [-0.3, -0.25) is 4.79 Å². The van der Waals surface area contributed by atoms with Crippen molar-refractivity contribution in [3.05, 3.63) is 41.7 Å². The summed E-state index contributed by atoms with van der Waals surface area (Å²) in [6.07, 6.45) is 3.41. The lowest BCUT2D eigenvalue weighted by Crippen LogP contribution is -2.37. The van der Waals surface area contributed by atoms with Crippen LogP contribution in [-0.4, -0.2) is 34.9 Å². The van der Waals surface area contributed by atoms with Crippen LogP contribution >= 0.6 is 11.6 Å². The van der Waals surface area contributed by atoms with Crippen molar-refractivity contribution < 1.29 is 9.53 Å². The van der Waals surface area contributed by atoms with Crippen LogP contribution in [0.4, 0.5) is 5.69 Å². The Labute approximate surface area is 126 Å². The zero-order valence-corrected chi connectivity index (χ0v) is 12.0. The number of aromatic nitrogens is 2. The van der Waals surface area contributed by atoms with Crippen molar-refractivity contribution in [1.82, 2.24) is 9.78 Å². The average Bonchev–Trinajstić information content (AvgIpc) is 3.10. The first-order valence-electron chi connectivity index (χ1n) is 6.59. The van der Waals surface area contributed by atoms with Gasteiger partial charge in [-0.2, -0.15) is 5.10 Å². The maximum Gasteiger partial charge on any atom is 0.231 e. The summed E-state index contributed by atoms with van der Waals surface area (Å²) in [4.78, 5) is 12.3.